The minimum absolute atomic E-state index is 0.0120. The maximum absolute atomic E-state index is 15.0. The van der Waals surface area contributed by atoms with Crippen molar-refractivity contribution < 1.29 is 27.8 Å². The predicted octanol–water partition coefficient (Wildman–Crippen LogP) is 7.42. The van der Waals surface area contributed by atoms with Crippen LogP contribution in [-0.4, -0.2) is 105 Å². The molecule has 22 heteroatoms. The Bertz CT molecular complexity index is 3080. The molecule has 4 N–H and O–H groups in total. The molecule has 8 heterocycles. The van der Waals surface area contributed by atoms with Gasteiger partial charge in [-0.1, -0.05) is 59.6 Å². The van der Waals surface area contributed by atoms with E-state index in [0.29, 0.717) is 99.0 Å². The van der Waals surface area contributed by atoms with Gasteiger partial charge in [-0.3, -0.25) is 28.3 Å². The molecule has 2 aromatic carbocycles. The third-order valence-electron chi connectivity index (χ3n) is 13.1. The van der Waals surface area contributed by atoms with E-state index >= 15 is 8.78 Å². The number of amides is 2. The Kier molecular flexibility index (Phi) is 13.1. The summed E-state index contributed by atoms with van der Waals surface area (Å²) in [5, 5.41) is 0.728. The Labute approximate surface area is 418 Å². The van der Waals surface area contributed by atoms with Gasteiger partial charge in [0.15, 0.2) is 23.1 Å². The van der Waals surface area contributed by atoms with Crippen molar-refractivity contribution in [3.8, 4) is 22.9 Å². The van der Waals surface area contributed by atoms with E-state index in [1.807, 2.05) is 0 Å². The van der Waals surface area contributed by atoms with Crippen LogP contribution in [0.3, 0.4) is 0 Å². The van der Waals surface area contributed by atoms with E-state index in [2.05, 4.69) is 32.9 Å². The molecule has 0 spiro atoms. The number of pyridine rings is 4. The normalized spacial score (nSPS) is 17.4. The fraction of sp³-hybridized carbons (Fsp3) is 0.292. The number of rotatable bonds is 4. The van der Waals surface area contributed by atoms with Gasteiger partial charge in [0.05, 0.1) is 80.5 Å². The summed E-state index contributed by atoms with van der Waals surface area (Å²) in [7, 11) is 0. The number of aryl methyl sites for hydroxylation is 2. The van der Waals surface area contributed by atoms with Crippen molar-refractivity contribution in [2.24, 2.45) is 0 Å². The molecule has 0 radical (unpaired) electrons. The molecule has 10 rings (SSSR count). The fourth-order valence-corrected chi connectivity index (χ4v) is 10.6. The second-order valence-corrected chi connectivity index (χ2v) is 18.7. The molecule has 4 aliphatic rings. The minimum Gasteiger partial charge on any atom is -0.490 e. The number of nitrogens with zero attached hydrogens (tertiary/aromatic N) is 8. The van der Waals surface area contributed by atoms with Crippen LogP contribution in [0, 0.1) is 25.5 Å². The van der Waals surface area contributed by atoms with Crippen LogP contribution in [0.1, 0.15) is 24.2 Å². The summed E-state index contributed by atoms with van der Waals surface area (Å²) in [4.78, 5) is 68.3. The number of nitrogen functional groups attached to an aromatic ring is 2. The number of hydrogen-bond acceptors (Lipinski definition) is 12. The van der Waals surface area contributed by atoms with E-state index in [-0.39, 0.29) is 77.8 Å². The van der Waals surface area contributed by atoms with Gasteiger partial charge in [-0.05, 0) is 50.3 Å². The number of benzene rings is 2. The van der Waals surface area contributed by atoms with Gasteiger partial charge in [-0.2, -0.15) is 0 Å². The summed E-state index contributed by atoms with van der Waals surface area (Å²) in [6.07, 6.45) is 7.02. The zero-order chi connectivity index (χ0) is 50.0. The van der Waals surface area contributed by atoms with Gasteiger partial charge in [0.1, 0.15) is 22.4 Å². The van der Waals surface area contributed by atoms with E-state index in [0.717, 1.165) is 20.5 Å². The number of fused-ring (bicyclic) bond motifs is 10. The standard InChI is InChI=1S/2C24H22Cl2FN5O3/c2*1-3-18(33)30-5-6-31-13(11-30)4-7-35-17-10-29-21-14(22(17)31)8-12(2)32(24(21)34)23-19(27)15(25)9-16(26)20(23)28/h2*3,8-10,13H,1,4-7,11,28H2,2H3/t2*13-/m10/s1. The van der Waals surface area contributed by atoms with Gasteiger partial charge in [-0.15, -0.1) is 0 Å². The van der Waals surface area contributed by atoms with Crippen molar-refractivity contribution in [1.82, 2.24) is 28.9 Å². The fourth-order valence-electron chi connectivity index (χ4n) is 9.74. The molecule has 0 unspecified atom stereocenters. The van der Waals surface area contributed by atoms with Crippen LogP contribution >= 0.6 is 46.4 Å². The van der Waals surface area contributed by atoms with Gasteiger partial charge in [0.25, 0.3) is 11.1 Å². The molecule has 0 aliphatic carbocycles. The Balaban J connectivity index is 0.000000174. The molecular weight excluding hydrogens is 992 g/mol. The topological polar surface area (TPSA) is 187 Å². The molecule has 4 aromatic heterocycles. The first kappa shape index (κ1) is 48.4. The van der Waals surface area contributed by atoms with Gasteiger partial charge in [-0.25, -0.2) is 18.7 Å². The lowest BCUT2D eigenvalue weighted by Crippen LogP contribution is -2.54. The number of piperazine rings is 2. The molecule has 16 nitrogen and oxygen atoms in total. The Hall–Kier alpha value is -6.60. The molecule has 2 amide bonds. The smallest absolute Gasteiger partial charge is 0.282 e. The summed E-state index contributed by atoms with van der Waals surface area (Å²) in [5.41, 5.74) is 12.9. The number of ether oxygens (including phenoxy) is 2. The van der Waals surface area contributed by atoms with Crippen LogP contribution in [0.2, 0.25) is 20.1 Å². The van der Waals surface area contributed by atoms with Crippen LogP contribution in [-0.2, 0) is 9.59 Å². The highest BCUT2D eigenvalue weighted by atomic mass is 35.5. The minimum atomic E-state index is -0.848. The molecule has 2 atom stereocenters. The zero-order valence-corrected chi connectivity index (χ0v) is 40.7. The summed E-state index contributed by atoms with van der Waals surface area (Å²) in [6.45, 7) is 14.5. The average molecular weight is 1040 g/mol. The van der Waals surface area contributed by atoms with Gasteiger partial charge in [0, 0.05) is 74.3 Å². The van der Waals surface area contributed by atoms with Crippen LogP contribution in [0.4, 0.5) is 31.5 Å². The Morgan fingerprint density at radius 2 is 1.03 bits per heavy atom. The first-order chi connectivity index (χ1) is 33.4. The van der Waals surface area contributed by atoms with Gasteiger partial charge >= 0.3 is 0 Å². The third-order valence-corrected chi connectivity index (χ3v) is 14.3. The van der Waals surface area contributed by atoms with E-state index in [1.54, 1.807) is 35.8 Å². The molecule has 6 aromatic rings. The van der Waals surface area contributed by atoms with Crippen molar-refractivity contribution in [2.45, 2.75) is 38.8 Å². The second-order valence-electron chi connectivity index (χ2n) is 17.1. The van der Waals surface area contributed by atoms with Crippen molar-refractivity contribution in [3.05, 3.63) is 126 Å². The SMILES string of the molecule is C=CC(=O)N1CCN2c3c(cnc4c(=O)n(-c5c(N)c(Cl)cc(Cl)c5F)c(C)cc34)OCC[C@@H]2C1.C=CC(=O)N1CCN2c3c(cnc4c(=O)n(-c5c(N)c(Cl)cc(Cl)c5F)c(C)cc34)OCC[C@H]2C1. The number of hydrogen-bond donors (Lipinski definition) is 2. The molecule has 0 saturated carbocycles. The van der Waals surface area contributed by atoms with E-state index in [9.17, 15) is 19.2 Å². The number of halogens is 6. The lowest BCUT2D eigenvalue weighted by molar-refractivity contribution is -0.127. The van der Waals surface area contributed by atoms with Crippen molar-refractivity contribution in [3.63, 3.8) is 0 Å². The van der Waals surface area contributed by atoms with E-state index < -0.39 is 22.8 Å². The summed E-state index contributed by atoms with van der Waals surface area (Å²) in [6, 6.07) is 5.88. The molecular formula is C48H44Cl4F2N10O6. The van der Waals surface area contributed by atoms with E-state index in [4.69, 9.17) is 67.3 Å². The highest BCUT2D eigenvalue weighted by Crippen LogP contribution is 2.43. The van der Waals surface area contributed by atoms with Gasteiger partial charge < -0.3 is 40.5 Å². The lowest BCUT2D eigenvalue weighted by atomic mass is 10.1. The Morgan fingerprint density at radius 1 is 0.643 bits per heavy atom. The number of aromatic nitrogens is 4. The summed E-state index contributed by atoms with van der Waals surface area (Å²) in [5.74, 6) is -0.826. The van der Waals surface area contributed by atoms with Crippen LogP contribution < -0.4 is 41.9 Å². The number of nitrogens with two attached hydrogens (primary N) is 2. The molecule has 4 aliphatic heterocycles. The first-order valence-electron chi connectivity index (χ1n) is 22.0. The monoisotopic (exact) mass is 1030 g/mol. The van der Waals surface area contributed by atoms with Crippen molar-refractivity contribution in [1.29, 1.82) is 0 Å². The van der Waals surface area contributed by atoms with Gasteiger partial charge in [0.2, 0.25) is 11.8 Å². The second kappa shape index (κ2) is 19.0. The predicted molar refractivity (Wildman–Crippen MR) is 269 cm³/mol. The van der Waals surface area contributed by atoms with Crippen molar-refractivity contribution >= 4 is 103 Å². The molecule has 2 fully saturated rings. The van der Waals surface area contributed by atoms with E-state index in [1.165, 1.54) is 36.7 Å². The number of anilines is 4. The number of carbonyl (C=O) groups is 2. The quantitative estimate of drug-likeness (QED) is 0.101. The maximum Gasteiger partial charge on any atom is 0.282 e. The van der Waals surface area contributed by atoms with Crippen molar-refractivity contribution in [2.75, 3.05) is 73.7 Å². The first-order valence-corrected chi connectivity index (χ1v) is 23.6. The highest BCUT2D eigenvalue weighted by molar-refractivity contribution is 6.37. The zero-order valence-electron chi connectivity index (χ0n) is 37.7. The largest absolute Gasteiger partial charge is 0.490 e. The Morgan fingerprint density at radius 3 is 1.40 bits per heavy atom. The maximum atomic E-state index is 15.0. The average Bonchev–Trinajstić information content (AvgIpc) is 3.66. The van der Waals surface area contributed by atoms with Crippen LogP contribution in [0.15, 0.2) is 71.6 Å². The molecule has 364 valence electrons. The molecule has 2 saturated heterocycles. The van der Waals surface area contributed by atoms with Crippen LogP contribution in [0.25, 0.3) is 33.2 Å². The number of carbonyl (C=O) groups excluding carboxylic acids is 2. The highest BCUT2D eigenvalue weighted by Gasteiger charge is 2.36. The third kappa shape index (κ3) is 8.19. The molecule has 0 bridgehead atoms. The summed E-state index contributed by atoms with van der Waals surface area (Å²) < 4.78 is 44.3. The lowest BCUT2D eigenvalue weighted by Gasteiger charge is -2.41. The molecule has 70 heavy (non-hydrogen) atoms. The summed E-state index contributed by atoms with van der Waals surface area (Å²) >= 11 is 24.3. The van der Waals surface area contributed by atoms with Crippen LogP contribution in [0.5, 0.6) is 11.5 Å².